The average Bonchev–Trinajstić information content (AvgIpc) is 2.23. The third kappa shape index (κ3) is 6.66. The van der Waals surface area contributed by atoms with Gasteiger partial charge in [0.25, 0.3) is 0 Å². The molecule has 0 spiro atoms. The normalized spacial score (nSPS) is 12.5. The highest BCUT2D eigenvalue weighted by molar-refractivity contribution is 5.88. The quantitative estimate of drug-likeness (QED) is 0.292. The molecule has 0 amide bonds. The summed E-state index contributed by atoms with van der Waals surface area (Å²) in [6.07, 6.45) is 5.71. The number of carbonyl (C=O) groups excluding carboxylic acids is 2. The third-order valence-electron chi connectivity index (χ3n) is 1.87. The molecule has 15 heavy (non-hydrogen) atoms. The second-order valence-corrected chi connectivity index (χ2v) is 3.29. The lowest BCUT2D eigenvalue weighted by Gasteiger charge is -2.00. The number of ether oxygens (including phenoxy) is 1. The van der Waals surface area contributed by atoms with Crippen LogP contribution in [0.5, 0.6) is 0 Å². The predicted octanol–water partition coefficient (Wildman–Crippen LogP) is 2.42. The summed E-state index contributed by atoms with van der Waals surface area (Å²) in [6, 6.07) is 0. The van der Waals surface area contributed by atoms with Crippen molar-refractivity contribution in [3.8, 4) is 0 Å². The first-order chi connectivity index (χ1) is 7.11. The monoisotopic (exact) mass is 210 g/mol. The van der Waals surface area contributed by atoms with Gasteiger partial charge in [-0.3, -0.25) is 0 Å². The first kappa shape index (κ1) is 13.6. The van der Waals surface area contributed by atoms with Crippen LogP contribution in [0.25, 0.3) is 0 Å². The SMILES string of the molecule is CCOC(=O)/C(C)=C/C=C(\C)CCC=O. The Kier molecular flexibility index (Phi) is 7.24. The smallest absolute Gasteiger partial charge is 0.333 e. The molecule has 0 aromatic carbocycles. The molecule has 3 nitrogen and oxygen atoms in total. The lowest BCUT2D eigenvalue weighted by Crippen LogP contribution is -2.04. The second kappa shape index (κ2) is 7.97. The maximum absolute atomic E-state index is 11.2. The van der Waals surface area contributed by atoms with Crippen LogP contribution in [0.3, 0.4) is 0 Å². The van der Waals surface area contributed by atoms with E-state index in [9.17, 15) is 9.59 Å². The van der Waals surface area contributed by atoms with Crippen molar-refractivity contribution in [3.63, 3.8) is 0 Å². The highest BCUT2D eigenvalue weighted by Crippen LogP contribution is 2.04. The summed E-state index contributed by atoms with van der Waals surface area (Å²) in [6.45, 7) is 5.80. The van der Waals surface area contributed by atoms with E-state index < -0.39 is 0 Å². The summed E-state index contributed by atoms with van der Waals surface area (Å²) >= 11 is 0. The number of hydrogen-bond acceptors (Lipinski definition) is 3. The zero-order valence-corrected chi connectivity index (χ0v) is 9.58. The van der Waals surface area contributed by atoms with Crippen LogP contribution in [0.4, 0.5) is 0 Å². The summed E-state index contributed by atoms with van der Waals surface area (Å²) in [4.78, 5) is 21.3. The molecule has 0 saturated carbocycles. The van der Waals surface area contributed by atoms with Crippen LogP contribution in [-0.4, -0.2) is 18.9 Å². The fourth-order valence-corrected chi connectivity index (χ4v) is 0.950. The molecule has 0 aliphatic rings. The molecular weight excluding hydrogens is 192 g/mol. The number of esters is 1. The number of aldehydes is 1. The Morgan fingerprint density at radius 3 is 2.47 bits per heavy atom. The van der Waals surface area contributed by atoms with E-state index >= 15 is 0 Å². The van der Waals surface area contributed by atoms with Crippen LogP contribution in [-0.2, 0) is 14.3 Å². The van der Waals surface area contributed by atoms with Crippen LogP contribution in [0.15, 0.2) is 23.3 Å². The van der Waals surface area contributed by atoms with Gasteiger partial charge in [0, 0.05) is 12.0 Å². The summed E-state index contributed by atoms with van der Waals surface area (Å²) in [5.74, 6) is -0.295. The molecule has 0 radical (unpaired) electrons. The maximum atomic E-state index is 11.2. The minimum Gasteiger partial charge on any atom is -0.463 e. The molecule has 0 fully saturated rings. The zero-order valence-electron chi connectivity index (χ0n) is 9.58. The average molecular weight is 210 g/mol. The summed E-state index contributed by atoms with van der Waals surface area (Å²) < 4.78 is 4.82. The van der Waals surface area contributed by atoms with Crippen molar-refractivity contribution < 1.29 is 14.3 Å². The van der Waals surface area contributed by atoms with Gasteiger partial charge in [-0.05, 0) is 27.2 Å². The molecule has 0 unspecified atom stereocenters. The molecule has 0 bridgehead atoms. The molecule has 0 aliphatic carbocycles. The molecule has 0 aliphatic heterocycles. The third-order valence-corrected chi connectivity index (χ3v) is 1.87. The van der Waals surface area contributed by atoms with Crippen molar-refractivity contribution in [1.29, 1.82) is 0 Å². The Morgan fingerprint density at radius 1 is 1.27 bits per heavy atom. The van der Waals surface area contributed by atoms with Gasteiger partial charge >= 0.3 is 5.97 Å². The Labute approximate surface area is 90.8 Å². The van der Waals surface area contributed by atoms with Crippen LogP contribution in [0.2, 0.25) is 0 Å². The van der Waals surface area contributed by atoms with E-state index in [1.807, 2.05) is 13.0 Å². The van der Waals surface area contributed by atoms with E-state index in [1.54, 1.807) is 19.9 Å². The van der Waals surface area contributed by atoms with Crippen LogP contribution in [0, 0.1) is 0 Å². The van der Waals surface area contributed by atoms with Crippen molar-refractivity contribution in [2.24, 2.45) is 0 Å². The van der Waals surface area contributed by atoms with E-state index in [4.69, 9.17) is 4.74 Å². The van der Waals surface area contributed by atoms with E-state index in [0.29, 0.717) is 18.6 Å². The summed E-state index contributed by atoms with van der Waals surface area (Å²) in [5, 5.41) is 0. The van der Waals surface area contributed by atoms with Crippen LogP contribution < -0.4 is 0 Å². The first-order valence-electron chi connectivity index (χ1n) is 5.06. The minimum absolute atomic E-state index is 0.295. The predicted molar refractivity (Wildman–Crippen MR) is 59.4 cm³/mol. The molecule has 84 valence electrons. The van der Waals surface area contributed by atoms with Gasteiger partial charge in [0.15, 0.2) is 0 Å². The van der Waals surface area contributed by atoms with Crippen molar-refractivity contribution >= 4 is 12.3 Å². The van der Waals surface area contributed by atoms with Crippen molar-refractivity contribution in [3.05, 3.63) is 23.3 Å². The molecule has 0 atom stereocenters. The number of hydrogen-bond donors (Lipinski definition) is 0. The molecular formula is C12H18O3. The lowest BCUT2D eigenvalue weighted by molar-refractivity contribution is -0.138. The van der Waals surface area contributed by atoms with E-state index in [1.165, 1.54) is 0 Å². The van der Waals surface area contributed by atoms with Gasteiger partial charge in [0.1, 0.15) is 6.29 Å². The summed E-state index contributed by atoms with van der Waals surface area (Å²) in [5.41, 5.74) is 1.65. The van der Waals surface area contributed by atoms with Crippen molar-refractivity contribution in [2.45, 2.75) is 33.6 Å². The fourth-order valence-electron chi connectivity index (χ4n) is 0.950. The van der Waals surface area contributed by atoms with E-state index in [2.05, 4.69) is 0 Å². The zero-order chi connectivity index (χ0) is 11.7. The number of carbonyl (C=O) groups is 2. The fraction of sp³-hybridized carbons (Fsp3) is 0.500. The highest BCUT2D eigenvalue weighted by atomic mass is 16.5. The van der Waals surface area contributed by atoms with Gasteiger partial charge in [0.2, 0.25) is 0 Å². The number of allylic oxidation sites excluding steroid dienone is 3. The Bertz CT molecular complexity index is 275. The first-order valence-corrected chi connectivity index (χ1v) is 5.06. The molecule has 0 aromatic heterocycles. The molecule has 0 rings (SSSR count). The topological polar surface area (TPSA) is 43.4 Å². The molecule has 0 saturated heterocycles. The van der Waals surface area contributed by atoms with Crippen molar-refractivity contribution in [1.82, 2.24) is 0 Å². The van der Waals surface area contributed by atoms with Gasteiger partial charge in [0.05, 0.1) is 6.61 Å². The summed E-state index contributed by atoms with van der Waals surface area (Å²) in [7, 11) is 0. The van der Waals surface area contributed by atoms with Crippen LogP contribution >= 0.6 is 0 Å². The number of rotatable bonds is 6. The van der Waals surface area contributed by atoms with Crippen molar-refractivity contribution in [2.75, 3.05) is 6.61 Å². The van der Waals surface area contributed by atoms with Gasteiger partial charge in [-0.25, -0.2) is 4.79 Å². The molecule has 0 aromatic rings. The van der Waals surface area contributed by atoms with E-state index in [0.717, 1.165) is 18.3 Å². The van der Waals surface area contributed by atoms with Crippen LogP contribution in [0.1, 0.15) is 33.6 Å². The Morgan fingerprint density at radius 2 is 1.93 bits per heavy atom. The molecule has 3 heteroatoms. The lowest BCUT2D eigenvalue weighted by atomic mass is 10.1. The second-order valence-electron chi connectivity index (χ2n) is 3.29. The largest absolute Gasteiger partial charge is 0.463 e. The Hall–Kier alpha value is -1.38. The highest BCUT2D eigenvalue weighted by Gasteiger charge is 2.02. The maximum Gasteiger partial charge on any atom is 0.333 e. The van der Waals surface area contributed by atoms with Gasteiger partial charge in [-0.2, -0.15) is 0 Å². The Balaban J connectivity index is 4.23. The minimum atomic E-state index is -0.295. The van der Waals surface area contributed by atoms with Gasteiger partial charge < -0.3 is 9.53 Å². The standard InChI is InChI=1S/C12H18O3/c1-4-15-12(14)11(3)8-7-10(2)6-5-9-13/h7-9H,4-6H2,1-3H3/b10-7+,11-8+. The molecule has 0 N–H and O–H groups in total. The van der Waals surface area contributed by atoms with Gasteiger partial charge in [-0.15, -0.1) is 0 Å². The van der Waals surface area contributed by atoms with Gasteiger partial charge in [-0.1, -0.05) is 17.7 Å². The molecule has 0 heterocycles. The van der Waals surface area contributed by atoms with E-state index in [-0.39, 0.29) is 5.97 Å².